The maximum atomic E-state index is 12.6. The SMILES string of the molecule is CCc1ccc(N)cc1S(=O)(=O)N(C)CC(=O)NC1CC1. The van der Waals surface area contributed by atoms with Gasteiger partial charge >= 0.3 is 0 Å². The van der Waals surface area contributed by atoms with Gasteiger partial charge in [-0.15, -0.1) is 0 Å². The van der Waals surface area contributed by atoms with Crippen LogP contribution in [0.15, 0.2) is 23.1 Å². The first-order valence-electron chi connectivity index (χ1n) is 6.98. The lowest BCUT2D eigenvalue weighted by molar-refractivity contribution is -0.121. The first-order chi connectivity index (χ1) is 9.84. The molecule has 1 fully saturated rings. The number of sulfonamides is 1. The number of aryl methyl sites for hydroxylation is 1. The smallest absolute Gasteiger partial charge is 0.243 e. The highest BCUT2D eigenvalue weighted by molar-refractivity contribution is 7.89. The monoisotopic (exact) mass is 311 g/mol. The number of nitrogens with one attached hydrogen (secondary N) is 1. The van der Waals surface area contributed by atoms with Crippen molar-refractivity contribution in [2.24, 2.45) is 0 Å². The highest BCUT2D eigenvalue weighted by Crippen LogP contribution is 2.23. The predicted octanol–water partition coefficient (Wildman–Crippen LogP) is 0.730. The fourth-order valence-corrected chi connectivity index (χ4v) is 3.51. The van der Waals surface area contributed by atoms with Gasteiger partial charge in [-0.1, -0.05) is 13.0 Å². The van der Waals surface area contributed by atoms with Gasteiger partial charge in [-0.2, -0.15) is 4.31 Å². The van der Waals surface area contributed by atoms with Gasteiger partial charge in [-0.3, -0.25) is 4.79 Å². The molecule has 1 aromatic carbocycles. The second-order valence-electron chi connectivity index (χ2n) is 5.32. The van der Waals surface area contributed by atoms with Crippen LogP contribution in [-0.4, -0.2) is 38.3 Å². The molecular weight excluding hydrogens is 290 g/mol. The Balaban J connectivity index is 2.19. The summed E-state index contributed by atoms with van der Waals surface area (Å²) in [5.74, 6) is -0.273. The lowest BCUT2D eigenvalue weighted by Crippen LogP contribution is -2.39. The van der Waals surface area contributed by atoms with E-state index < -0.39 is 10.0 Å². The zero-order valence-electron chi connectivity index (χ0n) is 12.3. The van der Waals surface area contributed by atoms with Crippen molar-refractivity contribution in [1.29, 1.82) is 0 Å². The van der Waals surface area contributed by atoms with Crippen molar-refractivity contribution in [3.63, 3.8) is 0 Å². The molecule has 0 bridgehead atoms. The Labute approximate surface area is 125 Å². The zero-order chi connectivity index (χ0) is 15.6. The van der Waals surface area contributed by atoms with E-state index in [-0.39, 0.29) is 23.4 Å². The number of likely N-dealkylation sites (N-methyl/N-ethyl adjacent to an activating group) is 1. The van der Waals surface area contributed by atoms with Crippen molar-refractivity contribution in [2.45, 2.75) is 37.1 Å². The third kappa shape index (κ3) is 3.74. The second kappa shape index (κ2) is 6.03. The lowest BCUT2D eigenvalue weighted by Gasteiger charge is -2.19. The number of carbonyl (C=O) groups is 1. The van der Waals surface area contributed by atoms with Crippen LogP contribution in [0.3, 0.4) is 0 Å². The summed E-state index contributed by atoms with van der Waals surface area (Å²) >= 11 is 0. The summed E-state index contributed by atoms with van der Waals surface area (Å²) < 4.78 is 26.3. The Morgan fingerprint density at radius 2 is 2.10 bits per heavy atom. The van der Waals surface area contributed by atoms with Gasteiger partial charge in [0.2, 0.25) is 15.9 Å². The summed E-state index contributed by atoms with van der Waals surface area (Å²) in [4.78, 5) is 11.9. The second-order valence-corrected chi connectivity index (χ2v) is 7.34. The van der Waals surface area contributed by atoms with Gasteiger partial charge < -0.3 is 11.1 Å². The molecule has 0 saturated heterocycles. The van der Waals surface area contributed by atoms with Crippen molar-refractivity contribution in [2.75, 3.05) is 19.3 Å². The summed E-state index contributed by atoms with van der Waals surface area (Å²) in [6.45, 7) is 1.70. The molecule has 0 spiro atoms. The average Bonchev–Trinajstić information content (AvgIpc) is 3.22. The van der Waals surface area contributed by atoms with Crippen molar-refractivity contribution in [1.82, 2.24) is 9.62 Å². The molecule has 1 aromatic rings. The van der Waals surface area contributed by atoms with Crippen LogP contribution in [0.2, 0.25) is 0 Å². The number of benzene rings is 1. The fraction of sp³-hybridized carbons (Fsp3) is 0.500. The number of carbonyl (C=O) groups excluding carboxylic acids is 1. The van der Waals surface area contributed by atoms with E-state index in [1.165, 1.54) is 13.1 Å². The van der Waals surface area contributed by atoms with E-state index in [0.717, 1.165) is 17.1 Å². The van der Waals surface area contributed by atoms with E-state index in [1.807, 2.05) is 6.92 Å². The molecule has 6 nitrogen and oxygen atoms in total. The van der Waals surface area contributed by atoms with Crippen LogP contribution in [0.5, 0.6) is 0 Å². The quantitative estimate of drug-likeness (QED) is 0.758. The number of amides is 1. The van der Waals surface area contributed by atoms with Crippen LogP contribution >= 0.6 is 0 Å². The highest BCUT2D eigenvalue weighted by Gasteiger charge is 2.28. The molecule has 0 unspecified atom stereocenters. The molecule has 1 amide bonds. The number of rotatable bonds is 6. The average molecular weight is 311 g/mol. The molecule has 1 saturated carbocycles. The molecule has 2 rings (SSSR count). The number of nitrogens with zero attached hydrogens (tertiary/aromatic N) is 1. The molecule has 1 aliphatic rings. The summed E-state index contributed by atoms with van der Waals surface area (Å²) in [5, 5.41) is 2.78. The van der Waals surface area contributed by atoms with E-state index in [4.69, 9.17) is 5.73 Å². The molecule has 0 atom stereocenters. The minimum atomic E-state index is -3.72. The Hall–Kier alpha value is -1.60. The molecule has 116 valence electrons. The first-order valence-corrected chi connectivity index (χ1v) is 8.42. The maximum absolute atomic E-state index is 12.6. The Kier molecular flexibility index (Phi) is 4.53. The van der Waals surface area contributed by atoms with E-state index in [9.17, 15) is 13.2 Å². The molecular formula is C14H21N3O3S. The fourth-order valence-electron chi connectivity index (χ4n) is 2.06. The van der Waals surface area contributed by atoms with E-state index >= 15 is 0 Å². The molecule has 7 heteroatoms. The summed E-state index contributed by atoms with van der Waals surface area (Å²) in [7, 11) is -2.32. The summed E-state index contributed by atoms with van der Waals surface area (Å²) in [6.07, 6.45) is 2.52. The van der Waals surface area contributed by atoms with Crippen molar-refractivity contribution < 1.29 is 13.2 Å². The summed E-state index contributed by atoms with van der Waals surface area (Å²) in [5.41, 5.74) is 6.78. The Morgan fingerprint density at radius 3 is 2.67 bits per heavy atom. The van der Waals surface area contributed by atoms with E-state index in [0.29, 0.717) is 17.7 Å². The summed E-state index contributed by atoms with van der Waals surface area (Å²) in [6, 6.07) is 5.05. The highest BCUT2D eigenvalue weighted by atomic mass is 32.2. The number of nitrogens with two attached hydrogens (primary N) is 1. The maximum Gasteiger partial charge on any atom is 0.243 e. The topological polar surface area (TPSA) is 92.5 Å². The van der Waals surface area contributed by atoms with Crippen LogP contribution in [0.25, 0.3) is 0 Å². The Bertz CT molecular complexity index is 639. The van der Waals surface area contributed by atoms with Crippen LogP contribution in [0.1, 0.15) is 25.3 Å². The van der Waals surface area contributed by atoms with Crippen LogP contribution in [-0.2, 0) is 21.2 Å². The minimum Gasteiger partial charge on any atom is -0.399 e. The number of hydrogen-bond donors (Lipinski definition) is 2. The van der Waals surface area contributed by atoms with Crippen LogP contribution in [0, 0.1) is 0 Å². The Morgan fingerprint density at radius 1 is 1.43 bits per heavy atom. The lowest BCUT2D eigenvalue weighted by atomic mass is 10.1. The molecule has 1 aliphatic carbocycles. The molecule has 0 aromatic heterocycles. The molecule has 0 radical (unpaired) electrons. The predicted molar refractivity (Wildman–Crippen MR) is 81.2 cm³/mol. The third-order valence-corrected chi connectivity index (χ3v) is 5.35. The molecule has 3 N–H and O–H groups in total. The van der Waals surface area contributed by atoms with Crippen molar-refractivity contribution >= 4 is 21.6 Å². The minimum absolute atomic E-state index is 0.173. The normalized spacial score (nSPS) is 15.2. The van der Waals surface area contributed by atoms with Gasteiger partial charge in [0, 0.05) is 18.8 Å². The molecule has 0 aliphatic heterocycles. The number of nitrogen functional groups attached to an aromatic ring is 1. The van der Waals surface area contributed by atoms with Gasteiger partial charge in [0.05, 0.1) is 11.4 Å². The van der Waals surface area contributed by atoms with Gasteiger partial charge in [0.1, 0.15) is 0 Å². The number of hydrogen-bond acceptors (Lipinski definition) is 4. The van der Waals surface area contributed by atoms with Gasteiger partial charge in [-0.05, 0) is 37.0 Å². The van der Waals surface area contributed by atoms with Crippen LogP contribution in [0.4, 0.5) is 5.69 Å². The van der Waals surface area contributed by atoms with E-state index in [1.54, 1.807) is 12.1 Å². The van der Waals surface area contributed by atoms with E-state index in [2.05, 4.69) is 5.32 Å². The van der Waals surface area contributed by atoms with Gasteiger partial charge in [0.15, 0.2) is 0 Å². The van der Waals surface area contributed by atoms with Gasteiger partial charge in [0.25, 0.3) is 0 Å². The molecule has 0 heterocycles. The third-order valence-electron chi connectivity index (χ3n) is 3.47. The largest absolute Gasteiger partial charge is 0.399 e. The standard InChI is InChI=1S/C14H21N3O3S/c1-3-10-4-5-11(15)8-13(10)21(19,20)17(2)9-14(18)16-12-6-7-12/h4-5,8,12H,3,6-7,9,15H2,1-2H3,(H,16,18). The van der Waals surface area contributed by atoms with Crippen molar-refractivity contribution in [3.05, 3.63) is 23.8 Å². The zero-order valence-corrected chi connectivity index (χ0v) is 13.1. The first kappa shape index (κ1) is 15.8. The van der Waals surface area contributed by atoms with Gasteiger partial charge in [-0.25, -0.2) is 8.42 Å². The number of anilines is 1. The van der Waals surface area contributed by atoms with Crippen molar-refractivity contribution in [3.8, 4) is 0 Å². The molecule has 21 heavy (non-hydrogen) atoms. The van der Waals surface area contributed by atoms with Crippen LogP contribution < -0.4 is 11.1 Å².